The van der Waals surface area contributed by atoms with E-state index in [9.17, 15) is 35.1 Å². The van der Waals surface area contributed by atoms with E-state index >= 15 is 0 Å². The van der Waals surface area contributed by atoms with E-state index in [1.807, 2.05) is 32.8 Å². The number of aliphatic hydroxyl groups is 5. The summed E-state index contributed by atoms with van der Waals surface area (Å²) in [6.45, 7) is 15.3. The van der Waals surface area contributed by atoms with Gasteiger partial charge in [-0.2, -0.15) is 0 Å². The summed E-state index contributed by atoms with van der Waals surface area (Å²) >= 11 is 0. The lowest BCUT2D eigenvalue weighted by atomic mass is 9.79. The van der Waals surface area contributed by atoms with Crippen molar-refractivity contribution in [2.45, 2.75) is 167 Å². The number of ether oxygens (including phenoxy) is 5. The third-order valence-electron chi connectivity index (χ3n) is 11.0. The van der Waals surface area contributed by atoms with Gasteiger partial charge in [-0.25, -0.2) is 0 Å². The summed E-state index contributed by atoms with van der Waals surface area (Å²) in [4.78, 5) is 29.4. The average Bonchev–Trinajstić information content (AvgIpc) is 3.01. The van der Waals surface area contributed by atoms with Gasteiger partial charge in [0.05, 0.1) is 48.1 Å². The van der Waals surface area contributed by atoms with Gasteiger partial charge in [0.15, 0.2) is 12.6 Å². The third kappa shape index (κ3) is 9.34. The minimum Gasteiger partial charge on any atom is -0.462 e. The molecule has 13 nitrogen and oxygen atoms in total. The molecule has 0 aromatic carbocycles. The van der Waals surface area contributed by atoms with Gasteiger partial charge in [-0.05, 0) is 61.1 Å². The van der Waals surface area contributed by atoms with Gasteiger partial charge in [0, 0.05) is 36.1 Å². The molecule has 0 saturated carbocycles. The molecule has 3 fully saturated rings. The molecule has 0 amide bonds. The zero-order valence-electron chi connectivity index (χ0n) is 30.7. The van der Waals surface area contributed by atoms with E-state index in [2.05, 4.69) is 0 Å². The molecule has 5 N–H and O–H groups in total. The average molecular weight is 690 g/mol. The molecular formula is C35H63NO12. The van der Waals surface area contributed by atoms with Crippen molar-refractivity contribution in [3.63, 3.8) is 0 Å². The topological polar surface area (TPSA) is 185 Å². The van der Waals surface area contributed by atoms with Crippen LogP contribution in [0.15, 0.2) is 0 Å². The zero-order valence-corrected chi connectivity index (χ0v) is 30.7. The van der Waals surface area contributed by atoms with Crippen LogP contribution < -0.4 is 0 Å². The van der Waals surface area contributed by atoms with Gasteiger partial charge < -0.3 is 54.1 Å². The minimum absolute atomic E-state index is 0.0324. The summed E-state index contributed by atoms with van der Waals surface area (Å²) in [7, 11) is 3.70. The lowest BCUT2D eigenvalue weighted by Gasteiger charge is -2.46. The summed E-state index contributed by atoms with van der Waals surface area (Å²) in [6.07, 6.45) is -9.95. The molecule has 13 heteroatoms. The van der Waals surface area contributed by atoms with Gasteiger partial charge in [-0.1, -0.05) is 34.6 Å². The Morgan fingerprint density at radius 1 is 0.854 bits per heavy atom. The fourth-order valence-electron chi connectivity index (χ4n) is 7.70. The van der Waals surface area contributed by atoms with Crippen LogP contribution in [0.1, 0.15) is 88.0 Å². The SMILES string of the molecule is CC[C@H]1OC(=O)[C@H](C)[C@@H](O[C@@H]2C[C@@](C)(O)[C@@H](O)[C@H](C)O2)[C@@H](C)[C@@H](O[C@@H]2O[C@H](C)C[C@H](N(C)C)[C@H]2O)[C@H](O)C[C@@H](C)C(=O)[C@H](C)[C@@H](O)[C@H]1C. The highest BCUT2D eigenvalue weighted by atomic mass is 16.7. The lowest BCUT2D eigenvalue weighted by Crippen LogP contribution is -2.58. The standard InChI is InChI=1S/C35H63NO12/c1-12-25-18(4)28(39)19(5)27(38)16(2)13-24(37)31(48-34-29(40)23(36(10)11)14-17(3)44-34)20(6)30(21(7)33(42)46-25)47-26-15-35(9,43)32(41)22(8)45-26/h16-26,28-32,34,37,39-41,43H,12-15H2,1-11H3/t16-,17-,18+,19+,20-,21-,22+,23+,24-,25-,26-,28+,29-,30+,31-,32+,34+,35-/m1/s1. The molecule has 0 spiro atoms. The quantitative estimate of drug-likeness (QED) is 0.254. The fourth-order valence-corrected chi connectivity index (χ4v) is 7.70. The van der Waals surface area contributed by atoms with Crippen molar-refractivity contribution < 1.29 is 58.8 Å². The Morgan fingerprint density at radius 2 is 1.48 bits per heavy atom. The first-order valence-corrected chi connectivity index (χ1v) is 17.7. The number of carbonyl (C=O) groups excluding carboxylic acids is 2. The number of hydrogen-bond acceptors (Lipinski definition) is 13. The second kappa shape index (κ2) is 16.8. The van der Waals surface area contributed by atoms with Crippen LogP contribution in [0.25, 0.3) is 0 Å². The molecule has 3 rings (SSSR count). The number of aliphatic hydroxyl groups excluding tert-OH is 4. The van der Waals surface area contributed by atoms with Crippen molar-refractivity contribution in [1.29, 1.82) is 0 Å². The highest BCUT2D eigenvalue weighted by Crippen LogP contribution is 2.37. The maximum absolute atomic E-state index is 13.9. The van der Waals surface area contributed by atoms with E-state index in [0.29, 0.717) is 12.8 Å². The molecule has 0 aromatic heterocycles. The van der Waals surface area contributed by atoms with Crippen LogP contribution in [0, 0.1) is 29.6 Å². The molecule has 280 valence electrons. The smallest absolute Gasteiger partial charge is 0.311 e. The summed E-state index contributed by atoms with van der Waals surface area (Å²) in [6, 6.07) is -0.299. The van der Waals surface area contributed by atoms with Gasteiger partial charge in [-0.3, -0.25) is 9.59 Å². The third-order valence-corrected chi connectivity index (χ3v) is 11.0. The highest BCUT2D eigenvalue weighted by molar-refractivity contribution is 5.83. The molecule has 0 radical (unpaired) electrons. The Morgan fingerprint density at radius 3 is 2.04 bits per heavy atom. The van der Waals surface area contributed by atoms with Crippen molar-refractivity contribution in [3.8, 4) is 0 Å². The number of Topliss-reactive ketones (excluding diaryl/α,β-unsaturated/α-hetero) is 1. The van der Waals surface area contributed by atoms with Crippen LogP contribution in [0.3, 0.4) is 0 Å². The van der Waals surface area contributed by atoms with Crippen LogP contribution in [-0.4, -0.2) is 135 Å². The van der Waals surface area contributed by atoms with Gasteiger partial charge >= 0.3 is 5.97 Å². The van der Waals surface area contributed by atoms with Gasteiger partial charge in [0.2, 0.25) is 0 Å². The van der Waals surface area contributed by atoms with Gasteiger partial charge in [0.1, 0.15) is 24.1 Å². The van der Waals surface area contributed by atoms with Crippen LogP contribution in [-0.2, 0) is 33.3 Å². The first kappa shape index (κ1) is 41.2. The van der Waals surface area contributed by atoms with Gasteiger partial charge in [0.25, 0.3) is 0 Å². The largest absolute Gasteiger partial charge is 0.462 e. The Kier molecular flexibility index (Phi) is 14.4. The Balaban J connectivity index is 2.09. The van der Waals surface area contributed by atoms with E-state index in [1.165, 1.54) is 6.92 Å². The Labute approximate surface area is 286 Å². The first-order chi connectivity index (χ1) is 22.2. The van der Waals surface area contributed by atoms with Crippen LogP contribution in [0.2, 0.25) is 0 Å². The van der Waals surface area contributed by atoms with Crippen molar-refractivity contribution in [2.24, 2.45) is 29.6 Å². The summed E-state index contributed by atoms with van der Waals surface area (Å²) in [5.74, 6) is -4.65. The Bertz CT molecular complexity index is 1060. The zero-order chi connectivity index (χ0) is 36.4. The van der Waals surface area contributed by atoms with Gasteiger partial charge in [-0.15, -0.1) is 0 Å². The number of ketones is 1. The molecule has 0 unspecified atom stereocenters. The first-order valence-electron chi connectivity index (χ1n) is 17.7. The lowest BCUT2D eigenvalue weighted by molar-refractivity contribution is -0.309. The van der Waals surface area contributed by atoms with Crippen LogP contribution in [0.4, 0.5) is 0 Å². The number of likely N-dealkylation sites (N-methyl/N-ethyl adjacent to an activating group) is 1. The normalized spacial score (nSPS) is 49.0. The van der Waals surface area contributed by atoms with Crippen molar-refractivity contribution in [1.82, 2.24) is 4.90 Å². The fraction of sp³-hybridized carbons (Fsp3) is 0.943. The number of carbonyl (C=O) groups is 2. The van der Waals surface area contributed by atoms with Crippen molar-refractivity contribution in [2.75, 3.05) is 14.1 Å². The number of hydrogen-bond donors (Lipinski definition) is 5. The Hall–Kier alpha value is -1.26. The van der Waals surface area contributed by atoms with E-state index in [-0.39, 0.29) is 30.8 Å². The predicted octanol–water partition coefficient (Wildman–Crippen LogP) is 1.63. The number of esters is 1. The maximum Gasteiger partial charge on any atom is 0.311 e. The van der Waals surface area contributed by atoms with E-state index < -0.39 is 103 Å². The second-order valence-corrected chi connectivity index (χ2v) is 15.3. The number of nitrogens with zero attached hydrogens (tertiary/aromatic N) is 1. The molecule has 3 heterocycles. The summed E-state index contributed by atoms with van der Waals surface area (Å²) in [5, 5.41) is 55.9. The van der Waals surface area contributed by atoms with E-state index in [0.717, 1.165) is 0 Å². The minimum atomic E-state index is -1.55. The molecule has 48 heavy (non-hydrogen) atoms. The number of cyclic esters (lactones) is 1. The molecule has 0 aromatic rings. The molecule has 0 aliphatic carbocycles. The maximum atomic E-state index is 13.9. The molecule has 3 aliphatic heterocycles. The summed E-state index contributed by atoms with van der Waals surface area (Å²) in [5.41, 5.74) is -1.55. The molecule has 3 aliphatic rings. The predicted molar refractivity (Wildman–Crippen MR) is 175 cm³/mol. The molecule has 0 bridgehead atoms. The number of rotatable bonds is 6. The van der Waals surface area contributed by atoms with Crippen molar-refractivity contribution in [3.05, 3.63) is 0 Å². The van der Waals surface area contributed by atoms with Crippen molar-refractivity contribution >= 4 is 11.8 Å². The highest BCUT2D eigenvalue weighted by Gasteiger charge is 2.49. The molecule has 18 atom stereocenters. The second-order valence-electron chi connectivity index (χ2n) is 15.3. The summed E-state index contributed by atoms with van der Waals surface area (Å²) < 4.78 is 31.0. The van der Waals surface area contributed by atoms with Crippen LogP contribution in [0.5, 0.6) is 0 Å². The molecular weight excluding hydrogens is 626 g/mol. The van der Waals surface area contributed by atoms with E-state index in [1.54, 1.807) is 41.5 Å². The molecule has 3 saturated heterocycles. The van der Waals surface area contributed by atoms with E-state index in [4.69, 9.17) is 23.7 Å². The van der Waals surface area contributed by atoms with Crippen LogP contribution >= 0.6 is 0 Å². The monoisotopic (exact) mass is 689 g/mol.